The fraction of sp³-hybridized carbons (Fsp3) is 0.703. The molecule has 0 aromatic heterocycles. The van der Waals surface area contributed by atoms with E-state index in [2.05, 4.69) is 116 Å². The number of nitrogens with zero attached hydrogens (tertiary/aromatic N) is 1. The molecule has 73 heavy (non-hydrogen) atoms. The Morgan fingerprint density at radius 3 is 1.26 bits per heavy atom. The monoisotopic (exact) mass is 1040 g/mol. The second kappa shape index (κ2) is 54.0. The summed E-state index contributed by atoms with van der Waals surface area (Å²) in [5.41, 5.74) is 0. The SMILES string of the molecule is CC/C=C\C/C=C\C/C=C\C/C=C\C/C=C\C/C=C\CCCCCCCCCCCCCCCCCCCCC(=O)NC(COP(=O)(O)OCC[N+](C)(C)C)C(O)/C=C/CC/C=C/CC/C=C/CCCCCC. The van der Waals surface area contributed by atoms with Crippen molar-refractivity contribution in [3.63, 3.8) is 0 Å². The minimum Gasteiger partial charge on any atom is -0.387 e. The minimum atomic E-state index is -4.36. The van der Waals surface area contributed by atoms with Crippen molar-refractivity contribution >= 4 is 13.7 Å². The van der Waals surface area contributed by atoms with Crippen molar-refractivity contribution in [3.8, 4) is 0 Å². The number of amides is 1. The van der Waals surface area contributed by atoms with E-state index in [0.717, 1.165) is 83.5 Å². The molecule has 1 amide bonds. The molecule has 0 aromatic carbocycles. The molecule has 3 atom stereocenters. The summed E-state index contributed by atoms with van der Waals surface area (Å²) in [5, 5.41) is 13.9. The highest BCUT2D eigenvalue weighted by atomic mass is 31.2. The number of aliphatic hydroxyl groups excluding tert-OH is 1. The van der Waals surface area contributed by atoms with Gasteiger partial charge in [0.05, 0.1) is 39.9 Å². The molecule has 0 spiro atoms. The van der Waals surface area contributed by atoms with E-state index in [1.54, 1.807) is 6.08 Å². The van der Waals surface area contributed by atoms with Crippen LogP contribution in [0.1, 0.15) is 239 Å². The molecule has 0 heterocycles. The van der Waals surface area contributed by atoms with Crippen LogP contribution in [0.2, 0.25) is 0 Å². The zero-order chi connectivity index (χ0) is 53.5. The molecule has 3 unspecified atom stereocenters. The molecular weight excluding hydrogens is 924 g/mol. The molecule has 8 nitrogen and oxygen atoms in total. The highest BCUT2D eigenvalue weighted by Gasteiger charge is 2.27. The molecule has 0 saturated carbocycles. The van der Waals surface area contributed by atoms with Gasteiger partial charge < -0.3 is 19.8 Å². The van der Waals surface area contributed by atoms with E-state index in [4.69, 9.17) is 9.05 Å². The second-order valence-electron chi connectivity index (χ2n) is 21.0. The average molecular weight is 1040 g/mol. The fourth-order valence-corrected chi connectivity index (χ4v) is 8.81. The molecule has 0 saturated heterocycles. The first-order valence-electron chi connectivity index (χ1n) is 29.8. The number of carbonyl (C=O) groups excluding carboxylic acids is 1. The Morgan fingerprint density at radius 1 is 0.479 bits per heavy atom. The summed E-state index contributed by atoms with van der Waals surface area (Å²) in [6.45, 7) is 4.64. The molecule has 420 valence electrons. The van der Waals surface area contributed by atoms with Gasteiger partial charge in [0, 0.05) is 6.42 Å². The standard InChI is InChI=1S/C64H113N2O6P/c1-6-8-10-12-14-16-18-20-22-23-24-25-26-27-28-29-30-31-32-33-34-35-36-37-38-39-40-41-42-43-44-46-48-50-52-54-56-58-64(68)65-62(61-72-73(69,70)71-60-59-66(3,4)5)63(67)57-55-53-51-49-47-45-21-19-17-15-13-11-9-7-2/h8,10,14,16-17,19-20,22,24-25,27-28,30-31,47,49,55,57,62-63,67H,6-7,9,11-13,15,18,21,23,26,29,32-46,48,50-54,56,58-61H2,1-5H3,(H-,65,68,69,70)/p+1/b10-8-,16-14-,19-17+,22-20-,25-24-,28-27-,31-30-,49-47+,57-55+. The number of allylic oxidation sites excluding steroid dienone is 17. The predicted octanol–water partition coefficient (Wildman–Crippen LogP) is 18.4. The highest BCUT2D eigenvalue weighted by molar-refractivity contribution is 7.47. The maximum atomic E-state index is 13.0. The van der Waals surface area contributed by atoms with E-state index < -0.39 is 20.0 Å². The number of quaternary nitrogens is 1. The van der Waals surface area contributed by atoms with Gasteiger partial charge in [-0.2, -0.15) is 0 Å². The van der Waals surface area contributed by atoms with E-state index in [-0.39, 0.29) is 19.1 Å². The van der Waals surface area contributed by atoms with Crippen molar-refractivity contribution in [2.45, 2.75) is 251 Å². The third-order valence-electron chi connectivity index (χ3n) is 12.7. The lowest BCUT2D eigenvalue weighted by molar-refractivity contribution is -0.870. The first-order chi connectivity index (χ1) is 35.5. The van der Waals surface area contributed by atoms with Crippen molar-refractivity contribution in [1.29, 1.82) is 0 Å². The van der Waals surface area contributed by atoms with Crippen molar-refractivity contribution in [3.05, 3.63) is 109 Å². The van der Waals surface area contributed by atoms with Gasteiger partial charge in [-0.3, -0.25) is 13.8 Å². The van der Waals surface area contributed by atoms with Gasteiger partial charge in [0.2, 0.25) is 5.91 Å². The Bertz CT molecular complexity index is 1550. The lowest BCUT2D eigenvalue weighted by Gasteiger charge is -2.25. The van der Waals surface area contributed by atoms with Crippen molar-refractivity contribution in [1.82, 2.24) is 5.32 Å². The summed E-state index contributed by atoms with van der Waals surface area (Å²) in [4.78, 5) is 23.3. The van der Waals surface area contributed by atoms with Crippen LogP contribution in [-0.2, 0) is 18.4 Å². The summed E-state index contributed by atoms with van der Waals surface area (Å²) in [6, 6.07) is -0.874. The molecule has 0 bridgehead atoms. The van der Waals surface area contributed by atoms with E-state index in [0.29, 0.717) is 17.4 Å². The van der Waals surface area contributed by atoms with E-state index in [1.807, 2.05) is 27.2 Å². The summed E-state index contributed by atoms with van der Waals surface area (Å²) in [7, 11) is 1.54. The number of likely N-dealkylation sites (N-methyl/N-ethyl adjacent to an activating group) is 1. The van der Waals surface area contributed by atoms with Crippen LogP contribution in [0.3, 0.4) is 0 Å². The summed E-state index contributed by atoms with van der Waals surface area (Å²) >= 11 is 0. The molecule has 0 aliphatic rings. The van der Waals surface area contributed by atoms with Gasteiger partial charge in [-0.05, 0) is 96.3 Å². The van der Waals surface area contributed by atoms with Gasteiger partial charge in [-0.1, -0.05) is 245 Å². The van der Waals surface area contributed by atoms with Crippen molar-refractivity contribution in [2.75, 3.05) is 40.9 Å². The van der Waals surface area contributed by atoms with E-state index >= 15 is 0 Å². The van der Waals surface area contributed by atoms with Crippen LogP contribution in [0.15, 0.2) is 109 Å². The second-order valence-corrected chi connectivity index (χ2v) is 22.4. The van der Waals surface area contributed by atoms with Crippen LogP contribution in [0.4, 0.5) is 0 Å². The Hall–Kier alpha value is -2.84. The zero-order valence-electron chi connectivity index (χ0n) is 47.8. The number of unbranched alkanes of at least 4 members (excludes halogenated alkanes) is 24. The van der Waals surface area contributed by atoms with Gasteiger partial charge in [-0.25, -0.2) is 4.57 Å². The molecule has 0 aliphatic carbocycles. The molecule has 0 rings (SSSR count). The van der Waals surface area contributed by atoms with Gasteiger partial charge in [0.25, 0.3) is 0 Å². The Labute approximate surface area is 451 Å². The van der Waals surface area contributed by atoms with Crippen LogP contribution in [0.5, 0.6) is 0 Å². The van der Waals surface area contributed by atoms with Gasteiger partial charge in [0.1, 0.15) is 13.2 Å². The predicted molar refractivity (Wildman–Crippen MR) is 318 cm³/mol. The normalized spacial score (nSPS) is 14.7. The van der Waals surface area contributed by atoms with Crippen LogP contribution in [0.25, 0.3) is 0 Å². The smallest absolute Gasteiger partial charge is 0.387 e. The molecule has 0 radical (unpaired) electrons. The molecule has 0 aliphatic heterocycles. The summed E-state index contributed by atoms with van der Waals surface area (Å²) < 4.78 is 23.6. The largest absolute Gasteiger partial charge is 0.472 e. The van der Waals surface area contributed by atoms with Gasteiger partial charge >= 0.3 is 7.82 Å². The molecule has 3 N–H and O–H groups in total. The lowest BCUT2D eigenvalue weighted by atomic mass is 10.0. The first kappa shape index (κ1) is 70.2. The van der Waals surface area contributed by atoms with Crippen molar-refractivity contribution < 1.29 is 32.9 Å². The topological polar surface area (TPSA) is 105 Å². The summed E-state index contributed by atoms with van der Waals surface area (Å²) in [6.07, 6.45) is 79.2. The first-order valence-corrected chi connectivity index (χ1v) is 31.3. The number of aliphatic hydroxyl groups is 1. The number of phosphoric acid groups is 1. The maximum absolute atomic E-state index is 13.0. The number of hydrogen-bond acceptors (Lipinski definition) is 5. The van der Waals surface area contributed by atoms with E-state index in [1.165, 1.54) is 135 Å². The number of rotatable bonds is 53. The summed E-state index contributed by atoms with van der Waals surface area (Å²) in [5.74, 6) is -0.193. The molecule has 0 fully saturated rings. The fourth-order valence-electron chi connectivity index (χ4n) is 8.08. The molecule has 0 aromatic rings. The quantitative estimate of drug-likeness (QED) is 0.0243. The van der Waals surface area contributed by atoms with Crippen LogP contribution >= 0.6 is 7.82 Å². The van der Waals surface area contributed by atoms with Gasteiger partial charge in [-0.15, -0.1) is 0 Å². The number of hydrogen-bond donors (Lipinski definition) is 3. The Kier molecular flexibility index (Phi) is 51.9. The number of phosphoric ester groups is 1. The van der Waals surface area contributed by atoms with Crippen LogP contribution < -0.4 is 5.32 Å². The molecule has 9 heteroatoms. The van der Waals surface area contributed by atoms with Crippen LogP contribution in [-0.4, -0.2) is 73.4 Å². The van der Waals surface area contributed by atoms with Crippen molar-refractivity contribution in [2.24, 2.45) is 0 Å². The lowest BCUT2D eigenvalue weighted by Crippen LogP contribution is -2.45. The van der Waals surface area contributed by atoms with Gasteiger partial charge in [0.15, 0.2) is 0 Å². The number of carbonyl (C=O) groups is 1. The Morgan fingerprint density at radius 2 is 0.836 bits per heavy atom. The highest BCUT2D eigenvalue weighted by Crippen LogP contribution is 2.43. The average Bonchev–Trinajstić information content (AvgIpc) is 3.35. The third kappa shape index (κ3) is 56.7. The number of nitrogens with one attached hydrogen (secondary N) is 1. The van der Waals surface area contributed by atoms with E-state index in [9.17, 15) is 19.4 Å². The zero-order valence-corrected chi connectivity index (χ0v) is 48.7. The van der Waals surface area contributed by atoms with Crippen LogP contribution in [0, 0.1) is 0 Å². The molecular formula is C64H114N2O6P+. The maximum Gasteiger partial charge on any atom is 0.472 e. The Balaban J connectivity index is 4.04. The third-order valence-corrected chi connectivity index (χ3v) is 13.7. The minimum absolute atomic E-state index is 0.0503.